The van der Waals surface area contributed by atoms with Crippen LogP contribution in [-0.4, -0.2) is 55.2 Å². The second-order valence-electron chi connectivity index (χ2n) is 4.62. The molecule has 1 aliphatic heterocycles. The monoisotopic (exact) mass is 318 g/mol. The Bertz CT molecular complexity index is 789. The van der Waals surface area contributed by atoms with E-state index in [0.717, 1.165) is 11.0 Å². The Morgan fingerprint density at radius 2 is 2.13 bits per heavy atom. The van der Waals surface area contributed by atoms with Crippen molar-refractivity contribution in [1.82, 2.24) is 25.1 Å². The fraction of sp³-hybridized carbons (Fsp3) is 0.154. The lowest BCUT2D eigenvalue weighted by atomic mass is 10.2. The number of amides is 2. The third-order valence-corrected chi connectivity index (χ3v) is 3.17. The molecule has 2 aromatic rings. The molecular weight excluding hydrogens is 307 g/mol. The molecule has 0 unspecified atom stereocenters. The number of tetrazole rings is 1. The third kappa shape index (κ3) is 2.79. The zero-order chi connectivity index (χ0) is 16.4. The van der Waals surface area contributed by atoms with Crippen LogP contribution in [0.2, 0.25) is 0 Å². The number of aliphatic hydroxyl groups is 1. The highest BCUT2D eigenvalue weighted by atomic mass is 19.1. The number of β-amino-alcohol motifs (C(OH)–C–C–N with tert-alkyl or cyclic N) is 1. The second-order valence-corrected chi connectivity index (χ2v) is 4.62. The van der Waals surface area contributed by atoms with Crippen LogP contribution in [0.3, 0.4) is 0 Å². The van der Waals surface area contributed by atoms with Gasteiger partial charge in [0.2, 0.25) is 0 Å². The normalized spacial score (nSPS) is 14.3. The van der Waals surface area contributed by atoms with Gasteiger partial charge in [0.05, 0.1) is 24.5 Å². The average molecular weight is 318 g/mol. The Balaban J connectivity index is 1.86. The van der Waals surface area contributed by atoms with E-state index in [1.807, 2.05) is 0 Å². The first-order valence-electron chi connectivity index (χ1n) is 6.58. The first-order chi connectivity index (χ1) is 11.1. The highest BCUT2D eigenvalue weighted by Crippen LogP contribution is 2.22. The molecular formula is C13H11FN6O3. The number of aliphatic hydroxyl groups excluding tert-OH is 1. The number of hydrogen-bond acceptors (Lipinski definition) is 7. The van der Waals surface area contributed by atoms with E-state index in [-0.39, 0.29) is 24.5 Å². The number of anilines is 1. The molecule has 2 heterocycles. The van der Waals surface area contributed by atoms with E-state index in [2.05, 4.69) is 20.8 Å². The lowest BCUT2D eigenvalue weighted by Gasteiger charge is -2.14. The lowest BCUT2D eigenvalue weighted by Crippen LogP contribution is -2.34. The first kappa shape index (κ1) is 14.8. The van der Waals surface area contributed by atoms with E-state index < -0.39 is 17.6 Å². The van der Waals surface area contributed by atoms with E-state index in [0.29, 0.717) is 5.69 Å². The number of nitrogens with one attached hydrogen (secondary N) is 1. The van der Waals surface area contributed by atoms with Crippen molar-refractivity contribution in [3.05, 3.63) is 42.1 Å². The van der Waals surface area contributed by atoms with Crippen LogP contribution in [-0.2, 0) is 9.59 Å². The highest BCUT2D eigenvalue weighted by molar-refractivity contribution is 6.17. The number of rotatable bonds is 5. The minimum atomic E-state index is -0.628. The topological polar surface area (TPSA) is 113 Å². The molecule has 0 saturated heterocycles. The highest BCUT2D eigenvalue weighted by Gasteiger charge is 2.31. The van der Waals surface area contributed by atoms with Crippen LogP contribution in [0.15, 0.2) is 36.3 Å². The van der Waals surface area contributed by atoms with Crippen LogP contribution in [0, 0.1) is 5.82 Å². The standard InChI is InChI=1S/C13H11FN6O3/c14-9-2-1-8(20-7-15-17-18-20)5-10(9)16-11-6-12(22)19(3-4-21)13(11)23/h1-2,5-7,16,21H,3-4H2. The first-order valence-corrected chi connectivity index (χ1v) is 6.58. The van der Waals surface area contributed by atoms with E-state index in [1.165, 1.54) is 29.2 Å². The van der Waals surface area contributed by atoms with Gasteiger partial charge < -0.3 is 10.4 Å². The summed E-state index contributed by atoms with van der Waals surface area (Å²) in [6.07, 6.45) is 2.39. The van der Waals surface area contributed by atoms with Gasteiger partial charge in [-0.2, -0.15) is 0 Å². The molecule has 0 saturated carbocycles. The minimum Gasteiger partial charge on any atom is -0.395 e. The van der Waals surface area contributed by atoms with Crippen LogP contribution in [0.1, 0.15) is 0 Å². The van der Waals surface area contributed by atoms with Gasteiger partial charge in [-0.1, -0.05) is 0 Å². The molecule has 2 N–H and O–H groups in total. The molecule has 10 heteroatoms. The molecule has 0 spiro atoms. The van der Waals surface area contributed by atoms with Gasteiger partial charge in [-0.05, 0) is 28.6 Å². The summed E-state index contributed by atoms with van der Waals surface area (Å²) in [6, 6.07) is 4.05. The third-order valence-electron chi connectivity index (χ3n) is 3.17. The SMILES string of the molecule is O=C1C=C(Nc2cc(-n3cnnn3)ccc2F)C(=O)N1CCO. The summed E-state index contributed by atoms with van der Waals surface area (Å²) in [7, 11) is 0. The van der Waals surface area contributed by atoms with E-state index >= 15 is 0 Å². The molecule has 0 fully saturated rings. The largest absolute Gasteiger partial charge is 0.395 e. The van der Waals surface area contributed by atoms with Crippen molar-refractivity contribution in [1.29, 1.82) is 0 Å². The molecule has 0 bridgehead atoms. The lowest BCUT2D eigenvalue weighted by molar-refractivity contribution is -0.137. The maximum atomic E-state index is 13.9. The van der Waals surface area contributed by atoms with Crippen LogP contribution in [0.5, 0.6) is 0 Å². The molecule has 1 aromatic carbocycles. The van der Waals surface area contributed by atoms with Gasteiger partial charge in [-0.15, -0.1) is 5.10 Å². The number of aromatic nitrogens is 4. The summed E-state index contributed by atoms with van der Waals surface area (Å²) in [5.41, 5.74) is 0.399. The summed E-state index contributed by atoms with van der Waals surface area (Å²) in [6.45, 7) is -0.464. The van der Waals surface area contributed by atoms with Gasteiger partial charge in [0.15, 0.2) is 0 Å². The quantitative estimate of drug-likeness (QED) is 0.712. The summed E-state index contributed by atoms with van der Waals surface area (Å²) in [4.78, 5) is 24.6. The number of halogens is 1. The summed E-state index contributed by atoms with van der Waals surface area (Å²) in [5, 5.41) is 22.1. The van der Waals surface area contributed by atoms with Crippen molar-refractivity contribution < 1.29 is 19.1 Å². The summed E-state index contributed by atoms with van der Waals surface area (Å²) < 4.78 is 15.3. The number of carbonyl (C=O) groups is 2. The van der Waals surface area contributed by atoms with Gasteiger partial charge in [0.1, 0.15) is 17.8 Å². The van der Waals surface area contributed by atoms with Crippen molar-refractivity contribution in [2.75, 3.05) is 18.5 Å². The molecule has 1 aromatic heterocycles. The van der Waals surface area contributed by atoms with Gasteiger partial charge in [0.25, 0.3) is 11.8 Å². The smallest absolute Gasteiger partial charge is 0.277 e. The zero-order valence-electron chi connectivity index (χ0n) is 11.7. The van der Waals surface area contributed by atoms with Crippen LogP contribution >= 0.6 is 0 Å². The average Bonchev–Trinajstić information content (AvgIpc) is 3.15. The Morgan fingerprint density at radius 3 is 2.83 bits per heavy atom. The van der Waals surface area contributed by atoms with Gasteiger partial charge in [0, 0.05) is 6.08 Å². The molecule has 0 aliphatic carbocycles. The van der Waals surface area contributed by atoms with Crippen molar-refractivity contribution >= 4 is 17.5 Å². The van der Waals surface area contributed by atoms with E-state index in [1.54, 1.807) is 0 Å². The fourth-order valence-corrected chi connectivity index (χ4v) is 2.09. The number of nitrogens with zero attached hydrogens (tertiary/aromatic N) is 5. The second kappa shape index (κ2) is 5.93. The summed E-state index contributed by atoms with van der Waals surface area (Å²) >= 11 is 0. The summed E-state index contributed by atoms with van der Waals surface area (Å²) in [5.74, 6) is -1.80. The number of carbonyl (C=O) groups excluding carboxylic acids is 2. The number of benzene rings is 1. The van der Waals surface area contributed by atoms with Crippen LogP contribution in [0.4, 0.5) is 10.1 Å². The molecule has 3 rings (SSSR count). The molecule has 23 heavy (non-hydrogen) atoms. The molecule has 9 nitrogen and oxygen atoms in total. The Hall–Kier alpha value is -3.14. The maximum absolute atomic E-state index is 13.9. The van der Waals surface area contributed by atoms with Gasteiger partial charge in [-0.3, -0.25) is 14.5 Å². The van der Waals surface area contributed by atoms with E-state index in [9.17, 15) is 14.0 Å². The molecule has 0 radical (unpaired) electrons. The van der Waals surface area contributed by atoms with Crippen molar-refractivity contribution in [2.24, 2.45) is 0 Å². The van der Waals surface area contributed by atoms with Gasteiger partial charge in [-0.25, -0.2) is 9.07 Å². The zero-order valence-corrected chi connectivity index (χ0v) is 11.7. The van der Waals surface area contributed by atoms with Crippen molar-refractivity contribution in [2.45, 2.75) is 0 Å². The van der Waals surface area contributed by atoms with Crippen molar-refractivity contribution in [3.8, 4) is 5.69 Å². The maximum Gasteiger partial charge on any atom is 0.277 e. The Morgan fingerprint density at radius 1 is 1.30 bits per heavy atom. The molecule has 0 atom stereocenters. The number of imide groups is 1. The van der Waals surface area contributed by atoms with Crippen LogP contribution in [0.25, 0.3) is 5.69 Å². The minimum absolute atomic E-state index is 0.00347. The van der Waals surface area contributed by atoms with Gasteiger partial charge >= 0.3 is 0 Å². The fourth-order valence-electron chi connectivity index (χ4n) is 2.09. The predicted molar refractivity (Wildman–Crippen MR) is 74.6 cm³/mol. The Labute approximate surface area is 129 Å². The molecule has 1 aliphatic rings. The predicted octanol–water partition coefficient (Wildman–Crippen LogP) is -0.542. The van der Waals surface area contributed by atoms with Crippen LogP contribution < -0.4 is 5.32 Å². The van der Waals surface area contributed by atoms with Crippen molar-refractivity contribution in [3.63, 3.8) is 0 Å². The Kier molecular flexibility index (Phi) is 3.81. The van der Waals surface area contributed by atoms with E-state index in [4.69, 9.17) is 5.11 Å². The molecule has 2 amide bonds. The molecule has 118 valence electrons. The number of hydrogen-bond donors (Lipinski definition) is 2.